The van der Waals surface area contributed by atoms with Gasteiger partial charge >= 0.3 is 0 Å². The van der Waals surface area contributed by atoms with Crippen LogP contribution in [0.5, 0.6) is 0 Å². The molecule has 3 nitrogen and oxygen atoms in total. The number of pyridine rings is 1. The second-order valence-electron chi connectivity index (χ2n) is 4.34. The van der Waals surface area contributed by atoms with E-state index in [1.165, 1.54) is 23.9 Å². The van der Waals surface area contributed by atoms with Crippen LogP contribution in [0.15, 0.2) is 60.0 Å². The zero-order valence-corrected chi connectivity index (χ0v) is 12.1. The highest BCUT2D eigenvalue weighted by atomic mass is 32.2. The van der Waals surface area contributed by atoms with E-state index in [0.29, 0.717) is 5.16 Å². The van der Waals surface area contributed by atoms with Gasteiger partial charge in [0.05, 0.1) is 11.4 Å². The Labute approximate surface area is 126 Å². The number of benzene rings is 1. The predicted octanol–water partition coefficient (Wildman–Crippen LogP) is 4.07. The molecule has 0 bridgehead atoms. The van der Waals surface area contributed by atoms with Crippen molar-refractivity contribution in [1.82, 2.24) is 15.0 Å². The van der Waals surface area contributed by atoms with E-state index in [9.17, 15) is 4.39 Å². The first-order chi connectivity index (χ1) is 10.3. The zero-order chi connectivity index (χ0) is 14.7. The van der Waals surface area contributed by atoms with Gasteiger partial charge in [-0.3, -0.25) is 4.98 Å². The maximum Gasteiger partial charge on any atom is 0.187 e. The highest BCUT2D eigenvalue weighted by molar-refractivity contribution is 7.98. The Hall–Kier alpha value is -2.27. The van der Waals surface area contributed by atoms with Gasteiger partial charge in [-0.1, -0.05) is 11.8 Å². The molecular formula is C16H12FN3S. The van der Waals surface area contributed by atoms with Gasteiger partial charge in [0.2, 0.25) is 0 Å². The van der Waals surface area contributed by atoms with Crippen LogP contribution in [-0.4, -0.2) is 21.2 Å². The monoisotopic (exact) mass is 297 g/mol. The van der Waals surface area contributed by atoms with Gasteiger partial charge in [0, 0.05) is 23.5 Å². The highest BCUT2D eigenvalue weighted by Crippen LogP contribution is 2.29. The van der Waals surface area contributed by atoms with Crippen molar-refractivity contribution in [2.45, 2.75) is 5.16 Å². The second-order valence-corrected chi connectivity index (χ2v) is 5.11. The summed E-state index contributed by atoms with van der Waals surface area (Å²) < 4.78 is 13.1. The Morgan fingerprint density at radius 1 is 0.952 bits per heavy atom. The third-order valence-corrected chi connectivity index (χ3v) is 3.58. The maximum atomic E-state index is 13.1. The summed E-state index contributed by atoms with van der Waals surface area (Å²) in [6.45, 7) is 0. The average Bonchev–Trinajstić information content (AvgIpc) is 2.56. The third kappa shape index (κ3) is 2.92. The summed E-state index contributed by atoms with van der Waals surface area (Å²) in [5.74, 6) is -0.261. The summed E-state index contributed by atoms with van der Waals surface area (Å²) in [4.78, 5) is 13.1. The van der Waals surface area contributed by atoms with Gasteiger partial charge in [-0.05, 0) is 48.7 Å². The molecule has 0 saturated heterocycles. The molecule has 0 aliphatic rings. The molecule has 0 fully saturated rings. The number of hydrogen-bond donors (Lipinski definition) is 0. The molecule has 0 radical (unpaired) electrons. The van der Waals surface area contributed by atoms with Crippen molar-refractivity contribution in [3.63, 3.8) is 0 Å². The Bertz CT molecular complexity index is 759. The highest BCUT2D eigenvalue weighted by Gasteiger charge is 2.10. The van der Waals surface area contributed by atoms with Crippen LogP contribution in [0, 0.1) is 5.82 Å². The molecule has 0 amide bonds. The van der Waals surface area contributed by atoms with Crippen molar-refractivity contribution in [1.29, 1.82) is 0 Å². The molecule has 3 rings (SSSR count). The first-order valence-electron chi connectivity index (χ1n) is 6.36. The smallest absolute Gasteiger partial charge is 0.187 e. The average molecular weight is 297 g/mol. The first-order valence-corrected chi connectivity index (χ1v) is 7.59. The van der Waals surface area contributed by atoms with Crippen molar-refractivity contribution in [2.75, 3.05) is 6.26 Å². The van der Waals surface area contributed by atoms with Gasteiger partial charge in [-0.2, -0.15) is 0 Å². The minimum atomic E-state index is -0.261. The van der Waals surface area contributed by atoms with Crippen molar-refractivity contribution >= 4 is 11.8 Å². The number of halogens is 1. The second kappa shape index (κ2) is 6.01. The summed E-state index contributed by atoms with van der Waals surface area (Å²) in [5, 5.41) is 0.710. The Morgan fingerprint density at radius 2 is 1.76 bits per heavy atom. The normalized spacial score (nSPS) is 10.6. The van der Waals surface area contributed by atoms with Crippen LogP contribution < -0.4 is 0 Å². The van der Waals surface area contributed by atoms with Crippen LogP contribution in [0.4, 0.5) is 4.39 Å². The molecule has 0 atom stereocenters. The van der Waals surface area contributed by atoms with Crippen LogP contribution in [0.25, 0.3) is 22.5 Å². The molecule has 2 heterocycles. The van der Waals surface area contributed by atoms with E-state index < -0.39 is 0 Å². The molecular weight excluding hydrogens is 285 g/mol. The SMILES string of the molecule is CSc1nccc(-c2cccnc2-c2ccc(F)cc2)n1. The third-order valence-electron chi connectivity index (χ3n) is 3.02. The van der Waals surface area contributed by atoms with Gasteiger partial charge in [0.1, 0.15) is 5.82 Å². The standard InChI is InChI=1S/C16H12FN3S/c1-21-16-19-10-8-14(20-16)13-3-2-9-18-15(13)11-4-6-12(17)7-5-11/h2-10H,1H3. The van der Waals surface area contributed by atoms with Gasteiger partial charge in [0.25, 0.3) is 0 Å². The quantitative estimate of drug-likeness (QED) is 0.539. The van der Waals surface area contributed by atoms with Crippen LogP contribution in [-0.2, 0) is 0 Å². The van der Waals surface area contributed by atoms with Gasteiger partial charge < -0.3 is 0 Å². The fourth-order valence-corrected chi connectivity index (χ4v) is 2.39. The summed E-state index contributed by atoms with van der Waals surface area (Å²) in [5.41, 5.74) is 3.35. The molecule has 0 aliphatic heterocycles. The minimum Gasteiger partial charge on any atom is -0.256 e. The molecule has 3 aromatic rings. The molecule has 0 unspecified atom stereocenters. The lowest BCUT2D eigenvalue weighted by atomic mass is 10.0. The van der Waals surface area contributed by atoms with Crippen molar-refractivity contribution in [3.8, 4) is 22.5 Å². The lowest BCUT2D eigenvalue weighted by Gasteiger charge is -2.08. The summed E-state index contributed by atoms with van der Waals surface area (Å²) in [6, 6.07) is 12.0. The van der Waals surface area contributed by atoms with Crippen molar-refractivity contribution < 1.29 is 4.39 Å². The maximum absolute atomic E-state index is 13.1. The van der Waals surface area contributed by atoms with E-state index in [1.807, 2.05) is 24.5 Å². The lowest BCUT2D eigenvalue weighted by molar-refractivity contribution is 0.628. The Kier molecular flexibility index (Phi) is 3.92. The molecule has 0 aliphatic carbocycles. The van der Waals surface area contributed by atoms with Crippen LogP contribution in [0.1, 0.15) is 0 Å². The van der Waals surface area contributed by atoms with E-state index in [2.05, 4.69) is 15.0 Å². The molecule has 2 aromatic heterocycles. The summed E-state index contributed by atoms with van der Waals surface area (Å²) >= 11 is 1.49. The number of nitrogens with zero attached hydrogens (tertiary/aromatic N) is 3. The van der Waals surface area contributed by atoms with Crippen molar-refractivity contribution in [3.05, 3.63) is 60.7 Å². The van der Waals surface area contributed by atoms with Gasteiger partial charge in [-0.15, -0.1) is 0 Å². The number of aromatic nitrogens is 3. The first kappa shape index (κ1) is 13.7. The summed E-state index contributed by atoms with van der Waals surface area (Å²) in [7, 11) is 0. The van der Waals surface area contributed by atoms with E-state index in [-0.39, 0.29) is 5.82 Å². The van der Waals surface area contributed by atoms with Crippen LogP contribution >= 0.6 is 11.8 Å². The molecule has 0 spiro atoms. The molecule has 21 heavy (non-hydrogen) atoms. The number of thioether (sulfide) groups is 1. The molecule has 1 aromatic carbocycles. The molecule has 5 heteroatoms. The minimum absolute atomic E-state index is 0.261. The van der Waals surface area contributed by atoms with Crippen LogP contribution in [0.3, 0.4) is 0 Å². The zero-order valence-electron chi connectivity index (χ0n) is 11.3. The Balaban J connectivity index is 2.13. The summed E-state index contributed by atoms with van der Waals surface area (Å²) in [6.07, 6.45) is 5.39. The topological polar surface area (TPSA) is 38.7 Å². The van der Waals surface area contributed by atoms with E-state index in [0.717, 1.165) is 22.5 Å². The number of rotatable bonds is 3. The van der Waals surface area contributed by atoms with Crippen molar-refractivity contribution in [2.24, 2.45) is 0 Å². The fourth-order valence-electron chi connectivity index (χ4n) is 2.04. The van der Waals surface area contributed by atoms with Gasteiger partial charge in [0.15, 0.2) is 5.16 Å². The predicted molar refractivity (Wildman–Crippen MR) is 82.4 cm³/mol. The molecule has 0 N–H and O–H groups in total. The van der Waals surface area contributed by atoms with Gasteiger partial charge in [-0.25, -0.2) is 14.4 Å². The Morgan fingerprint density at radius 3 is 2.52 bits per heavy atom. The van der Waals surface area contributed by atoms with E-state index in [1.54, 1.807) is 24.5 Å². The molecule has 104 valence electrons. The largest absolute Gasteiger partial charge is 0.256 e. The van der Waals surface area contributed by atoms with E-state index in [4.69, 9.17) is 0 Å². The fraction of sp³-hybridized carbons (Fsp3) is 0.0625. The molecule has 0 saturated carbocycles. The van der Waals surface area contributed by atoms with E-state index >= 15 is 0 Å². The lowest BCUT2D eigenvalue weighted by Crippen LogP contribution is -1.93. The number of hydrogen-bond acceptors (Lipinski definition) is 4. The van der Waals surface area contributed by atoms with Crippen LogP contribution in [0.2, 0.25) is 0 Å².